The molecular weight excluding hydrogens is 272 g/mol. The van der Waals surface area contributed by atoms with Crippen molar-refractivity contribution >= 4 is 12.0 Å². The highest BCUT2D eigenvalue weighted by Gasteiger charge is 2.50. The van der Waals surface area contributed by atoms with E-state index in [0.717, 1.165) is 32.1 Å². The van der Waals surface area contributed by atoms with Gasteiger partial charge in [-0.3, -0.25) is 0 Å². The number of hydrogen-bond donors (Lipinski definition) is 2. The van der Waals surface area contributed by atoms with Gasteiger partial charge in [0.15, 0.2) is 0 Å². The number of hydrogen-bond acceptors (Lipinski definition) is 3. The molecule has 1 unspecified atom stereocenters. The Labute approximate surface area is 125 Å². The molecule has 1 aliphatic carbocycles. The number of rotatable bonds is 5. The first-order chi connectivity index (χ1) is 10.1. The van der Waals surface area contributed by atoms with Crippen molar-refractivity contribution < 1.29 is 19.8 Å². The van der Waals surface area contributed by atoms with E-state index in [0.29, 0.717) is 25.9 Å². The van der Waals surface area contributed by atoms with E-state index in [1.165, 1.54) is 4.90 Å². The number of carboxylic acids is 1. The summed E-state index contributed by atoms with van der Waals surface area (Å²) < 4.78 is 0. The highest BCUT2D eigenvalue weighted by Crippen LogP contribution is 2.35. The maximum absolute atomic E-state index is 12.9. The summed E-state index contributed by atoms with van der Waals surface area (Å²) in [6, 6.07) is -0.0636. The van der Waals surface area contributed by atoms with Gasteiger partial charge in [-0.2, -0.15) is 0 Å². The van der Waals surface area contributed by atoms with Crippen molar-refractivity contribution in [3.8, 4) is 0 Å². The monoisotopic (exact) mass is 298 g/mol. The number of nitrogens with zero attached hydrogens (tertiary/aromatic N) is 2. The van der Waals surface area contributed by atoms with Gasteiger partial charge in [0, 0.05) is 19.1 Å². The van der Waals surface area contributed by atoms with Gasteiger partial charge in [0.25, 0.3) is 0 Å². The minimum atomic E-state index is -1.07. The molecule has 0 aromatic carbocycles. The van der Waals surface area contributed by atoms with E-state index in [4.69, 9.17) is 0 Å². The molecule has 1 atom stereocenters. The highest BCUT2D eigenvalue weighted by atomic mass is 16.4. The number of urea groups is 1. The van der Waals surface area contributed by atoms with Gasteiger partial charge < -0.3 is 20.0 Å². The first kappa shape index (κ1) is 16.1. The summed E-state index contributed by atoms with van der Waals surface area (Å²) in [5.74, 6) is -0.911. The second kappa shape index (κ2) is 6.64. The Bertz CT molecular complexity index is 395. The minimum absolute atomic E-state index is 0.0811. The fraction of sp³-hybridized carbons (Fsp3) is 0.867. The van der Waals surface area contributed by atoms with Crippen LogP contribution in [-0.4, -0.2) is 63.3 Å². The standard InChI is InChI=1S/C15H26N2O4/c1-2-15(13(19)20)8-5-9-17(15)14(21)16(10-11-18)12-6-3-4-7-12/h12,18H,2-11H2,1H3,(H,19,20). The maximum Gasteiger partial charge on any atom is 0.329 e. The lowest BCUT2D eigenvalue weighted by atomic mass is 9.93. The summed E-state index contributed by atoms with van der Waals surface area (Å²) in [5.41, 5.74) is -1.07. The van der Waals surface area contributed by atoms with Gasteiger partial charge in [0.1, 0.15) is 5.54 Å². The van der Waals surface area contributed by atoms with E-state index in [1.54, 1.807) is 4.90 Å². The molecule has 0 aromatic heterocycles. The topological polar surface area (TPSA) is 81.1 Å². The Morgan fingerprint density at radius 2 is 1.95 bits per heavy atom. The molecule has 21 heavy (non-hydrogen) atoms. The van der Waals surface area contributed by atoms with Crippen LogP contribution in [0.2, 0.25) is 0 Å². The molecule has 2 N–H and O–H groups in total. The molecule has 1 saturated carbocycles. The van der Waals surface area contributed by atoms with Crippen LogP contribution >= 0.6 is 0 Å². The van der Waals surface area contributed by atoms with E-state index in [9.17, 15) is 19.8 Å². The molecule has 1 aliphatic heterocycles. The number of carbonyl (C=O) groups excluding carboxylic acids is 1. The molecule has 1 heterocycles. The lowest BCUT2D eigenvalue weighted by Crippen LogP contribution is -2.58. The van der Waals surface area contributed by atoms with Crippen LogP contribution in [0.1, 0.15) is 51.9 Å². The Hall–Kier alpha value is -1.30. The number of amides is 2. The molecule has 2 fully saturated rings. The first-order valence-electron chi connectivity index (χ1n) is 7.99. The lowest BCUT2D eigenvalue weighted by Gasteiger charge is -2.39. The second-order valence-electron chi connectivity index (χ2n) is 6.08. The van der Waals surface area contributed by atoms with Crippen LogP contribution < -0.4 is 0 Å². The summed E-state index contributed by atoms with van der Waals surface area (Å²) in [5, 5.41) is 18.9. The summed E-state index contributed by atoms with van der Waals surface area (Å²) in [6.07, 6.45) is 5.75. The van der Waals surface area contributed by atoms with E-state index in [-0.39, 0.29) is 18.7 Å². The third-order valence-corrected chi connectivity index (χ3v) is 5.05. The number of likely N-dealkylation sites (tertiary alicyclic amines) is 1. The molecule has 6 nitrogen and oxygen atoms in total. The second-order valence-corrected chi connectivity index (χ2v) is 6.08. The molecule has 2 rings (SSSR count). The number of aliphatic hydroxyl groups excluding tert-OH is 1. The van der Waals surface area contributed by atoms with Crippen molar-refractivity contribution in [1.29, 1.82) is 0 Å². The summed E-state index contributed by atoms with van der Waals surface area (Å²) in [7, 11) is 0. The van der Waals surface area contributed by atoms with E-state index in [1.807, 2.05) is 6.92 Å². The normalized spacial score (nSPS) is 26.3. The SMILES string of the molecule is CCC1(C(=O)O)CCCN1C(=O)N(CCO)C1CCCC1. The third-order valence-electron chi connectivity index (χ3n) is 5.05. The van der Waals surface area contributed by atoms with E-state index in [2.05, 4.69) is 0 Å². The van der Waals surface area contributed by atoms with Crippen LogP contribution in [0.15, 0.2) is 0 Å². The molecule has 120 valence electrons. The number of carbonyl (C=O) groups is 2. The average Bonchev–Trinajstić information content (AvgIpc) is 3.13. The molecule has 1 saturated heterocycles. The van der Waals surface area contributed by atoms with Crippen LogP contribution in [0.25, 0.3) is 0 Å². The van der Waals surface area contributed by atoms with Crippen LogP contribution in [0.5, 0.6) is 0 Å². The quantitative estimate of drug-likeness (QED) is 0.809. The third kappa shape index (κ3) is 2.86. The van der Waals surface area contributed by atoms with Crippen molar-refractivity contribution in [1.82, 2.24) is 9.80 Å². The van der Waals surface area contributed by atoms with Gasteiger partial charge >= 0.3 is 12.0 Å². The lowest BCUT2D eigenvalue weighted by molar-refractivity contribution is -0.148. The minimum Gasteiger partial charge on any atom is -0.479 e. The first-order valence-corrected chi connectivity index (χ1v) is 7.99. The smallest absolute Gasteiger partial charge is 0.329 e. The van der Waals surface area contributed by atoms with Gasteiger partial charge in [-0.15, -0.1) is 0 Å². The van der Waals surface area contributed by atoms with Crippen molar-refractivity contribution in [2.24, 2.45) is 0 Å². The van der Waals surface area contributed by atoms with Gasteiger partial charge in [-0.25, -0.2) is 9.59 Å². The van der Waals surface area contributed by atoms with Crippen LogP contribution in [0, 0.1) is 0 Å². The molecule has 0 bridgehead atoms. The number of aliphatic carboxylic acids is 1. The largest absolute Gasteiger partial charge is 0.479 e. The summed E-state index contributed by atoms with van der Waals surface area (Å²) in [4.78, 5) is 27.8. The summed E-state index contributed by atoms with van der Waals surface area (Å²) in [6.45, 7) is 2.53. The van der Waals surface area contributed by atoms with E-state index >= 15 is 0 Å². The Morgan fingerprint density at radius 1 is 1.29 bits per heavy atom. The van der Waals surface area contributed by atoms with Crippen LogP contribution in [0.3, 0.4) is 0 Å². The number of aliphatic hydroxyl groups is 1. The molecule has 0 aromatic rings. The predicted octanol–water partition coefficient (Wildman–Crippen LogP) is 1.67. The zero-order chi connectivity index (χ0) is 15.5. The van der Waals surface area contributed by atoms with Crippen molar-refractivity contribution in [2.75, 3.05) is 19.7 Å². The Kier molecular flexibility index (Phi) is 5.08. The molecule has 0 spiro atoms. The van der Waals surface area contributed by atoms with E-state index < -0.39 is 11.5 Å². The van der Waals surface area contributed by atoms with Crippen molar-refractivity contribution in [3.63, 3.8) is 0 Å². The van der Waals surface area contributed by atoms with Gasteiger partial charge in [0.2, 0.25) is 0 Å². The van der Waals surface area contributed by atoms with Crippen LogP contribution in [0.4, 0.5) is 4.79 Å². The predicted molar refractivity (Wildman–Crippen MR) is 78.0 cm³/mol. The fourth-order valence-electron chi connectivity index (χ4n) is 3.81. The van der Waals surface area contributed by atoms with Gasteiger partial charge in [-0.1, -0.05) is 19.8 Å². The zero-order valence-corrected chi connectivity index (χ0v) is 12.8. The zero-order valence-electron chi connectivity index (χ0n) is 12.8. The molecule has 6 heteroatoms. The van der Waals surface area contributed by atoms with Gasteiger partial charge in [-0.05, 0) is 32.1 Å². The molecular formula is C15H26N2O4. The molecule has 2 aliphatic rings. The van der Waals surface area contributed by atoms with Crippen LogP contribution in [-0.2, 0) is 4.79 Å². The highest BCUT2D eigenvalue weighted by molar-refractivity contribution is 5.87. The average molecular weight is 298 g/mol. The molecule has 0 radical (unpaired) electrons. The Balaban J connectivity index is 2.20. The summed E-state index contributed by atoms with van der Waals surface area (Å²) >= 11 is 0. The Morgan fingerprint density at radius 3 is 2.48 bits per heavy atom. The fourth-order valence-corrected chi connectivity index (χ4v) is 3.81. The van der Waals surface area contributed by atoms with Crippen molar-refractivity contribution in [2.45, 2.75) is 63.5 Å². The maximum atomic E-state index is 12.9. The number of carboxylic acid groups (broad SMARTS) is 1. The molecule has 2 amide bonds. The van der Waals surface area contributed by atoms with Gasteiger partial charge in [0.05, 0.1) is 6.61 Å². The van der Waals surface area contributed by atoms with Crippen molar-refractivity contribution in [3.05, 3.63) is 0 Å².